The highest BCUT2D eigenvalue weighted by atomic mass is 16.2. The first-order chi connectivity index (χ1) is 11.6. The summed E-state index contributed by atoms with van der Waals surface area (Å²) in [6.07, 6.45) is 8.97. The lowest BCUT2D eigenvalue weighted by atomic mass is 9.96. The molecule has 7 heteroatoms. The van der Waals surface area contributed by atoms with Crippen molar-refractivity contribution in [3.63, 3.8) is 0 Å². The second kappa shape index (κ2) is 6.20. The van der Waals surface area contributed by atoms with E-state index in [4.69, 9.17) is 0 Å². The average Bonchev–Trinajstić information content (AvgIpc) is 3.31. The van der Waals surface area contributed by atoms with Crippen LogP contribution in [0.1, 0.15) is 50.1 Å². The van der Waals surface area contributed by atoms with Crippen molar-refractivity contribution < 1.29 is 9.59 Å². The number of likely N-dealkylation sites (tertiary alicyclic amines) is 1. The zero-order chi connectivity index (χ0) is 16.7. The molecule has 4 rings (SSSR count). The first-order valence-corrected chi connectivity index (χ1v) is 9.03. The van der Waals surface area contributed by atoms with Crippen LogP contribution in [0.5, 0.6) is 0 Å². The second-order valence-corrected chi connectivity index (χ2v) is 7.34. The molecule has 2 bridgehead atoms. The number of hydrogen-bond acceptors (Lipinski definition) is 4. The van der Waals surface area contributed by atoms with Gasteiger partial charge in [0.1, 0.15) is 0 Å². The number of carbonyl (C=O) groups is 2. The van der Waals surface area contributed by atoms with E-state index in [9.17, 15) is 9.59 Å². The molecule has 3 heterocycles. The van der Waals surface area contributed by atoms with Gasteiger partial charge in [-0.05, 0) is 26.2 Å². The number of amides is 2. The van der Waals surface area contributed by atoms with Crippen LogP contribution < -0.4 is 10.6 Å². The second-order valence-electron chi connectivity index (χ2n) is 7.34. The number of aromatic nitrogens is 2. The Bertz CT molecular complexity index is 649. The Morgan fingerprint density at radius 1 is 1.25 bits per heavy atom. The summed E-state index contributed by atoms with van der Waals surface area (Å²) in [6, 6.07) is 0.923. The van der Waals surface area contributed by atoms with Crippen LogP contribution in [0.4, 0.5) is 5.82 Å². The van der Waals surface area contributed by atoms with Gasteiger partial charge in [-0.2, -0.15) is 5.10 Å². The van der Waals surface area contributed by atoms with Crippen molar-refractivity contribution in [3.05, 3.63) is 11.8 Å². The number of carbonyl (C=O) groups excluding carboxylic acids is 2. The summed E-state index contributed by atoms with van der Waals surface area (Å²) in [5.41, 5.74) is 0.909. The Hall–Kier alpha value is -1.89. The number of fused-ring (bicyclic) bond motifs is 2. The van der Waals surface area contributed by atoms with Crippen LogP contribution >= 0.6 is 0 Å². The minimum absolute atomic E-state index is 0.161. The van der Waals surface area contributed by atoms with Crippen molar-refractivity contribution in [2.24, 2.45) is 0 Å². The van der Waals surface area contributed by atoms with E-state index in [2.05, 4.69) is 15.7 Å². The summed E-state index contributed by atoms with van der Waals surface area (Å²) in [5.74, 6) is -0.489. The molecule has 130 valence electrons. The van der Waals surface area contributed by atoms with E-state index in [1.54, 1.807) is 4.90 Å². The average molecular weight is 331 g/mol. The molecule has 2 N–H and O–H groups in total. The predicted molar refractivity (Wildman–Crippen MR) is 89.6 cm³/mol. The Morgan fingerprint density at radius 2 is 2.04 bits per heavy atom. The third-order valence-electron chi connectivity index (χ3n) is 5.61. The van der Waals surface area contributed by atoms with Crippen molar-refractivity contribution in [1.82, 2.24) is 20.0 Å². The van der Waals surface area contributed by atoms with E-state index < -0.39 is 11.8 Å². The number of anilines is 1. The van der Waals surface area contributed by atoms with Gasteiger partial charge in [0, 0.05) is 36.9 Å². The zero-order valence-corrected chi connectivity index (χ0v) is 14.1. The van der Waals surface area contributed by atoms with Gasteiger partial charge in [0.15, 0.2) is 5.82 Å². The van der Waals surface area contributed by atoms with Crippen molar-refractivity contribution in [3.8, 4) is 0 Å². The molecule has 1 aromatic heterocycles. The molecule has 2 amide bonds. The largest absolute Gasteiger partial charge is 0.329 e. The van der Waals surface area contributed by atoms with Crippen molar-refractivity contribution in [1.29, 1.82) is 0 Å². The quantitative estimate of drug-likeness (QED) is 0.799. The molecular weight excluding hydrogens is 306 g/mol. The fraction of sp³-hybridized carbons (Fsp3) is 0.706. The first kappa shape index (κ1) is 15.6. The number of aryl methyl sites for hydroxylation is 1. The standard InChI is InChI=1S/C17H25N5O2/c1-11-9-22(13-5-3-2-4-6-13)20-15(11)19-16(23)17(24)21-10-12-7-14(21)8-18-12/h9,12-14,18H,2-8,10H2,1H3,(H,19,20,23)/t12-,14-/m0/s1. The summed E-state index contributed by atoms with van der Waals surface area (Å²) in [6.45, 7) is 3.35. The Labute approximate surface area is 141 Å². The van der Waals surface area contributed by atoms with Crippen LogP contribution in [0.2, 0.25) is 0 Å². The fourth-order valence-electron chi connectivity index (χ4n) is 4.24. The van der Waals surface area contributed by atoms with E-state index in [-0.39, 0.29) is 6.04 Å². The van der Waals surface area contributed by atoms with Crippen LogP contribution in [0.25, 0.3) is 0 Å². The minimum Gasteiger partial charge on any atom is -0.329 e. The van der Waals surface area contributed by atoms with Crippen molar-refractivity contribution >= 4 is 17.6 Å². The molecule has 2 atom stereocenters. The topological polar surface area (TPSA) is 79.3 Å². The molecule has 1 aromatic rings. The lowest BCUT2D eigenvalue weighted by Crippen LogP contribution is -2.50. The molecule has 3 aliphatic rings. The van der Waals surface area contributed by atoms with Crippen LogP contribution in [0.3, 0.4) is 0 Å². The normalized spacial score (nSPS) is 26.8. The Balaban J connectivity index is 1.42. The van der Waals surface area contributed by atoms with E-state index in [1.807, 2.05) is 17.8 Å². The molecular formula is C17H25N5O2. The number of nitrogens with zero attached hydrogens (tertiary/aromatic N) is 3. The van der Waals surface area contributed by atoms with Gasteiger partial charge in [0.05, 0.1) is 6.04 Å². The summed E-state index contributed by atoms with van der Waals surface area (Å²) in [7, 11) is 0. The van der Waals surface area contributed by atoms with Crippen LogP contribution in [0, 0.1) is 6.92 Å². The van der Waals surface area contributed by atoms with E-state index >= 15 is 0 Å². The maximum Gasteiger partial charge on any atom is 0.315 e. The van der Waals surface area contributed by atoms with Gasteiger partial charge in [-0.25, -0.2) is 0 Å². The van der Waals surface area contributed by atoms with E-state index in [1.165, 1.54) is 19.3 Å². The highest BCUT2D eigenvalue weighted by molar-refractivity contribution is 6.39. The maximum atomic E-state index is 12.4. The molecule has 24 heavy (non-hydrogen) atoms. The molecule has 1 aliphatic carbocycles. The SMILES string of the molecule is Cc1cn(C2CCCCC2)nc1NC(=O)C(=O)N1C[C@@H]2C[C@H]1CN2. The molecule has 0 spiro atoms. The van der Waals surface area contributed by atoms with Gasteiger partial charge in [-0.3, -0.25) is 14.3 Å². The lowest BCUT2D eigenvalue weighted by molar-refractivity contribution is -0.144. The third-order valence-corrected chi connectivity index (χ3v) is 5.61. The summed E-state index contributed by atoms with van der Waals surface area (Å²) >= 11 is 0. The number of hydrogen-bond donors (Lipinski definition) is 2. The lowest BCUT2D eigenvalue weighted by Gasteiger charge is -2.26. The minimum atomic E-state index is -0.570. The van der Waals surface area contributed by atoms with Gasteiger partial charge >= 0.3 is 11.8 Å². The summed E-state index contributed by atoms with van der Waals surface area (Å²) < 4.78 is 1.97. The molecule has 0 aromatic carbocycles. The van der Waals surface area contributed by atoms with Gasteiger partial charge < -0.3 is 15.5 Å². The van der Waals surface area contributed by atoms with Gasteiger partial charge in [0.2, 0.25) is 0 Å². The molecule has 2 saturated heterocycles. The zero-order valence-electron chi connectivity index (χ0n) is 14.1. The highest BCUT2D eigenvalue weighted by Crippen LogP contribution is 2.29. The fourth-order valence-corrected chi connectivity index (χ4v) is 4.24. The van der Waals surface area contributed by atoms with Crippen molar-refractivity contribution in [2.75, 3.05) is 18.4 Å². The summed E-state index contributed by atoms with van der Waals surface area (Å²) in [5, 5.41) is 10.6. The molecule has 0 radical (unpaired) electrons. The third kappa shape index (κ3) is 2.81. The van der Waals surface area contributed by atoms with E-state index in [0.29, 0.717) is 24.4 Å². The van der Waals surface area contributed by atoms with Crippen LogP contribution in [0.15, 0.2) is 6.20 Å². The molecule has 7 nitrogen and oxygen atoms in total. The number of piperazine rings is 1. The van der Waals surface area contributed by atoms with Gasteiger partial charge in [-0.1, -0.05) is 19.3 Å². The smallest absolute Gasteiger partial charge is 0.315 e. The van der Waals surface area contributed by atoms with Crippen LogP contribution in [-0.4, -0.2) is 51.7 Å². The molecule has 2 aliphatic heterocycles. The molecule has 3 fully saturated rings. The van der Waals surface area contributed by atoms with Crippen LogP contribution in [-0.2, 0) is 9.59 Å². The molecule has 0 unspecified atom stereocenters. The molecule has 1 saturated carbocycles. The summed E-state index contributed by atoms with van der Waals surface area (Å²) in [4.78, 5) is 26.5. The highest BCUT2D eigenvalue weighted by Gasteiger charge is 2.42. The maximum absolute atomic E-state index is 12.4. The Kier molecular flexibility index (Phi) is 4.04. The van der Waals surface area contributed by atoms with E-state index in [0.717, 1.165) is 31.4 Å². The van der Waals surface area contributed by atoms with Gasteiger partial charge in [-0.15, -0.1) is 0 Å². The Morgan fingerprint density at radius 3 is 2.71 bits per heavy atom. The van der Waals surface area contributed by atoms with Crippen molar-refractivity contribution in [2.45, 2.75) is 63.6 Å². The first-order valence-electron chi connectivity index (χ1n) is 9.03. The predicted octanol–water partition coefficient (Wildman–Crippen LogP) is 1.21. The number of nitrogens with one attached hydrogen (secondary N) is 2. The monoisotopic (exact) mass is 331 g/mol. The number of rotatable bonds is 2. The van der Waals surface area contributed by atoms with Gasteiger partial charge in [0.25, 0.3) is 0 Å².